The molecule has 0 amide bonds. The number of fused-ring (bicyclic) bond motifs is 1. The van der Waals surface area contributed by atoms with Gasteiger partial charge in [0.25, 0.3) is 0 Å². The van der Waals surface area contributed by atoms with Crippen molar-refractivity contribution in [3.63, 3.8) is 0 Å². The summed E-state index contributed by atoms with van der Waals surface area (Å²) < 4.78 is 33.8. The van der Waals surface area contributed by atoms with Gasteiger partial charge in [0.15, 0.2) is 17.8 Å². The average Bonchev–Trinajstić information content (AvgIpc) is 2.92. The fourth-order valence-corrected chi connectivity index (χ4v) is 2.34. The van der Waals surface area contributed by atoms with Crippen molar-refractivity contribution in [2.45, 2.75) is 0 Å². The molecule has 0 aliphatic heterocycles. The van der Waals surface area contributed by atoms with Crippen molar-refractivity contribution in [1.82, 2.24) is 4.98 Å². The van der Waals surface area contributed by atoms with E-state index in [1.165, 1.54) is 18.2 Å². The first-order valence-corrected chi connectivity index (χ1v) is 6.84. The van der Waals surface area contributed by atoms with Crippen LogP contribution < -0.4 is 5.32 Å². The standard InChI is InChI=1S/C14H6F2IN2O2/c15-9-4-8(17)1-2-10(9)19-13-7(5-20)3-11-14(12(13)16)18-6-21-11/h1-4,6,19H. The van der Waals surface area contributed by atoms with Gasteiger partial charge in [0.1, 0.15) is 11.3 Å². The Labute approximate surface area is 131 Å². The minimum atomic E-state index is -0.794. The Morgan fingerprint density at radius 1 is 1.29 bits per heavy atom. The Balaban J connectivity index is 2.14. The van der Waals surface area contributed by atoms with Crippen LogP contribution in [0.4, 0.5) is 20.2 Å². The zero-order valence-electron chi connectivity index (χ0n) is 10.3. The quantitative estimate of drug-likeness (QED) is 0.679. The molecule has 0 bridgehead atoms. The van der Waals surface area contributed by atoms with Gasteiger partial charge in [-0.3, -0.25) is 4.79 Å². The van der Waals surface area contributed by atoms with Crippen molar-refractivity contribution in [2.24, 2.45) is 0 Å². The van der Waals surface area contributed by atoms with Gasteiger partial charge in [-0.2, -0.15) is 0 Å². The number of carbonyl (C=O) groups excluding carboxylic acids is 1. The summed E-state index contributed by atoms with van der Waals surface area (Å²) in [6.45, 7) is 0. The lowest BCUT2D eigenvalue weighted by atomic mass is 10.1. The number of halogens is 3. The maximum atomic E-state index is 14.4. The molecule has 0 aliphatic rings. The summed E-state index contributed by atoms with van der Waals surface area (Å²) in [5.41, 5.74) is -0.156. The normalized spacial score (nSPS) is 10.8. The van der Waals surface area contributed by atoms with Gasteiger partial charge in [-0.25, -0.2) is 13.8 Å². The molecule has 3 aromatic rings. The summed E-state index contributed by atoms with van der Waals surface area (Å²) in [6.07, 6.45) is 2.67. The fraction of sp³-hybridized carbons (Fsp3) is 0. The van der Waals surface area contributed by atoms with Crippen molar-refractivity contribution in [2.75, 3.05) is 5.32 Å². The maximum absolute atomic E-state index is 14.4. The summed E-state index contributed by atoms with van der Waals surface area (Å²) >= 11 is 1.96. The molecule has 3 rings (SSSR count). The SMILES string of the molecule is O=[C]c1cc2ocnc2c(F)c1Nc1ccc(I)cc1F. The predicted octanol–water partition coefficient (Wildman–Crippen LogP) is 3.91. The Bertz CT molecular complexity index is 848. The van der Waals surface area contributed by atoms with E-state index in [0.29, 0.717) is 3.57 Å². The predicted molar refractivity (Wildman–Crippen MR) is 81.2 cm³/mol. The molecule has 0 fully saturated rings. The van der Waals surface area contributed by atoms with E-state index in [-0.39, 0.29) is 28.0 Å². The van der Waals surface area contributed by atoms with Crippen molar-refractivity contribution >= 4 is 51.4 Å². The van der Waals surface area contributed by atoms with Gasteiger partial charge in [-0.15, -0.1) is 0 Å². The monoisotopic (exact) mass is 399 g/mol. The van der Waals surface area contributed by atoms with Gasteiger partial charge in [0.05, 0.1) is 16.9 Å². The second kappa shape index (κ2) is 5.40. The molecule has 0 atom stereocenters. The third-order valence-corrected chi connectivity index (χ3v) is 3.54. The van der Waals surface area contributed by atoms with Crippen LogP contribution in [0.25, 0.3) is 11.1 Å². The molecule has 0 saturated heterocycles. The number of nitrogens with one attached hydrogen (secondary N) is 1. The third kappa shape index (κ3) is 2.48. The zero-order valence-corrected chi connectivity index (χ0v) is 12.4. The number of anilines is 2. The summed E-state index contributed by atoms with van der Waals surface area (Å²) in [6, 6.07) is 5.70. The molecule has 4 nitrogen and oxygen atoms in total. The Morgan fingerprint density at radius 2 is 2.10 bits per heavy atom. The third-order valence-electron chi connectivity index (χ3n) is 2.87. The van der Waals surface area contributed by atoms with Crippen molar-refractivity contribution in [1.29, 1.82) is 0 Å². The van der Waals surface area contributed by atoms with Crippen LogP contribution in [0, 0.1) is 15.2 Å². The minimum Gasteiger partial charge on any atom is -0.443 e. The lowest BCUT2D eigenvalue weighted by Crippen LogP contribution is -2.01. The molecular weight excluding hydrogens is 393 g/mol. The first-order chi connectivity index (χ1) is 10.1. The van der Waals surface area contributed by atoms with Gasteiger partial charge in [-0.05, 0) is 46.9 Å². The largest absolute Gasteiger partial charge is 0.443 e. The van der Waals surface area contributed by atoms with Gasteiger partial charge in [0, 0.05) is 3.57 Å². The molecule has 2 aromatic carbocycles. The molecule has 1 aromatic heterocycles. The van der Waals surface area contributed by atoms with Crippen molar-refractivity contribution < 1.29 is 18.0 Å². The molecular formula is C14H6F2IN2O2. The van der Waals surface area contributed by atoms with E-state index in [0.717, 1.165) is 6.39 Å². The van der Waals surface area contributed by atoms with Gasteiger partial charge in [0.2, 0.25) is 6.29 Å². The highest BCUT2D eigenvalue weighted by Gasteiger charge is 2.18. The van der Waals surface area contributed by atoms with Crippen LogP contribution in [0.5, 0.6) is 0 Å². The van der Waals surface area contributed by atoms with Crippen LogP contribution in [-0.2, 0) is 4.79 Å². The number of benzene rings is 2. The van der Waals surface area contributed by atoms with Crippen LogP contribution in [0.2, 0.25) is 0 Å². The Kier molecular flexibility index (Phi) is 3.58. The van der Waals surface area contributed by atoms with Crippen molar-refractivity contribution in [3.8, 4) is 0 Å². The van der Waals surface area contributed by atoms with Gasteiger partial charge in [-0.1, -0.05) is 0 Å². The summed E-state index contributed by atoms with van der Waals surface area (Å²) in [5, 5.41) is 2.57. The zero-order chi connectivity index (χ0) is 15.0. The molecule has 0 saturated carbocycles. The molecule has 7 heteroatoms. The highest BCUT2D eigenvalue weighted by atomic mass is 127. The first kappa shape index (κ1) is 13.9. The second-order valence-corrected chi connectivity index (χ2v) is 5.41. The summed E-state index contributed by atoms with van der Waals surface area (Å²) in [5.74, 6) is -1.35. The number of nitrogens with zero attached hydrogens (tertiary/aromatic N) is 1. The molecule has 105 valence electrons. The summed E-state index contributed by atoms with van der Waals surface area (Å²) in [4.78, 5) is 14.7. The molecule has 1 heterocycles. The van der Waals surface area contributed by atoms with E-state index in [9.17, 15) is 13.6 Å². The molecule has 1 radical (unpaired) electrons. The van der Waals surface area contributed by atoms with E-state index in [2.05, 4.69) is 10.3 Å². The number of hydrogen-bond donors (Lipinski definition) is 1. The molecule has 0 unspecified atom stereocenters. The topological polar surface area (TPSA) is 55.1 Å². The van der Waals surface area contributed by atoms with Crippen LogP contribution in [0.1, 0.15) is 5.56 Å². The van der Waals surface area contributed by atoms with E-state index < -0.39 is 11.6 Å². The van der Waals surface area contributed by atoms with Crippen LogP contribution >= 0.6 is 22.6 Å². The number of oxazole rings is 1. The molecule has 0 spiro atoms. The first-order valence-electron chi connectivity index (χ1n) is 5.76. The highest BCUT2D eigenvalue weighted by molar-refractivity contribution is 14.1. The number of aromatic nitrogens is 1. The number of hydrogen-bond acceptors (Lipinski definition) is 4. The van der Waals surface area contributed by atoms with E-state index in [1.54, 1.807) is 12.4 Å². The second-order valence-electron chi connectivity index (χ2n) is 4.16. The number of rotatable bonds is 3. The van der Waals surface area contributed by atoms with Gasteiger partial charge >= 0.3 is 0 Å². The van der Waals surface area contributed by atoms with E-state index >= 15 is 0 Å². The highest BCUT2D eigenvalue weighted by Crippen LogP contribution is 2.30. The van der Waals surface area contributed by atoms with Gasteiger partial charge < -0.3 is 9.73 Å². The lowest BCUT2D eigenvalue weighted by Gasteiger charge is -2.11. The average molecular weight is 399 g/mol. The molecule has 0 aliphatic carbocycles. The smallest absolute Gasteiger partial charge is 0.235 e. The van der Waals surface area contributed by atoms with E-state index in [4.69, 9.17) is 4.42 Å². The van der Waals surface area contributed by atoms with Crippen LogP contribution in [0.15, 0.2) is 35.1 Å². The van der Waals surface area contributed by atoms with E-state index in [1.807, 2.05) is 22.6 Å². The summed E-state index contributed by atoms with van der Waals surface area (Å²) in [7, 11) is 0. The Hall–Kier alpha value is -2.03. The molecule has 1 N–H and O–H groups in total. The van der Waals surface area contributed by atoms with Crippen LogP contribution in [-0.4, -0.2) is 11.3 Å². The minimum absolute atomic E-state index is 0.0394. The Morgan fingerprint density at radius 3 is 2.81 bits per heavy atom. The molecule has 21 heavy (non-hydrogen) atoms. The lowest BCUT2D eigenvalue weighted by molar-refractivity contribution is 0.561. The fourth-order valence-electron chi connectivity index (χ4n) is 1.89. The maximum Gasteiger partial charge on any atom is 0.235 e. The van der Waals surface area contributed by atoms with Crippen molar-refractivity contribution in [3.05, 3.63) is 51.4 Å². The van der Waals surface area contributed by atoms with Crippen LogP contribution in [0.3, 0.4) is 0 Å².